The number of amides is 3. The van der Waals surface area contributed by atoms with Crippen molar-refractivity contribution >= 4 is 23.5 Å². The Morgan fingerprint density at radius 1 is 1.41 bits per heavy atom. The Morgan fingerprint density at radius 2 is 2.18 bits per heavy atom. The van der Waals surface area contributed by atoms with Crippen molar-refractivity contribution in [3.63, 3.8) is 0 Å². The zero-order chi connectivity index (χ0) is 15.9. The van der Waals surface area contributed by atoms with Crippen LogP contribution in [-0.4, -0.2) is 43.1 Å². The van der Waals surface area contributed by atoms with E-state index in [2.05, 4.69) is 5.32 Å². The number of primary amides is 1. The number of halogens is 1. The van der Waals surface area contributed by atoms with Gasteiger partial charge in [-0.1, -0.05) is 29.8 Å². The van der Waals surface area contributed by atoms with Gasteiger partial charge >= 0.3 is 6.03 Å². The van der Waals surface area contributed by atoms with Crippen molar-refractivity contribution in [2.45, 2.75) is 13.0 Å². The first-order valence-electron chi connectivity index (χ1n) is 7.21. The summed E-state index contributed by atoms with van der Waals surface area (Å²) in [6.07, 6.45) is 0.631. The van der Waals surface area contributed by atoms with Crippen molar-refractivity contribution in [3.8, 4) is 0 Å². The molecule has 22 heavy (non-hydrogen) atoms. The van der Waals surface area contributed by atoms with Gasteiger partial charge in [0, 0.05) is 24.7 Å². The third kappa shape index (κ3) is 4.61. The van der Waals surface area contributed by atoms with Crippen LogP contribution in [0, 0.1) is 5.92 Å². The predicted molar refractivity (Wildman–Crippen MR) is 83.4 cm³/mol. The van der Waals surface area contributed by atoms with Gasteiger partial charge in [-0.2, -0.15) is 0 Å². The van der Waals surface area contributed by atoms with Crippen LogP contribution in [0.1, 0.15) is 12.0 Å². The Hall–Kier alpha value is -1.79. The monoisotopic (exact) mass is 325 g/mol. The maximum absolute atomic E-state index is 11.9. The van der Waals surface area contributed by atoms with Crippen molar-refractivity contribution in [1.82, 2.24) is 10.2 Å². The zero-order valence-electron chi connectivity index (χ0n) is 12.3. The summed E-state index contributed by atoms with van der Waals surface area (Å²) in [6.45, 7) is 2.15. The van der Waals surface area contributed by atoms with E-state index in [9.17, 15) is 9.59 Å². The Morgan fingerprint density at radius 3 is 2.86 bits per heavy atom. The lowest BCUT2D eigenvalue weighted by molar-refractivity contribution is -0.121. The van der Waals surface area contributed by atoms with Gasteiger partial charge in [-0.25, -0.2) is 4.79 Å². The third-order valence-electron chi connectivity index (χ3n) is 3.62. The molecule has 3 N–H and O–H groups in total. The Bertz CT molecular complexity index is 539. The molecule has 0 aliphatic carbocycles. The van der Waals surface area contributed by atoms with Crippen molar-refractivity contribution < 1.29 is 14.3 Å². The van der Waals surface area contributed by atoms with E-state index in [-0.39, 0.29) is 17.9 Å². The molecule has 6 nitrogen and oxygen atoms in total. The number of nitrogens with two attached hydrogens (primary N) is 1. The fraction of sp³-hybridized carbons (Fsp3) is 0.467. The number of carbonyl (C=O) groups excluding carboxylic acids is 2. The molecule has 0 aromatic heterocycles. The summed E-state index contributed by atoms with van der Waals surface area (Å²) in [5, 5.41) is 3.43. The van der Waals surface area contributed by atoms with Crippen LogP contribution in [0.15, 0.2) is 24.3 Å². The molecule has 1 unspecified atom stereocenters. The summed E-state index contributed by atoms with van der Waals surface area (Å²) in [7, 11) is 0. The van der Waals surface area contributed by atoms with Crippen molar-refractivity contribution in [1.29, 1.82) is 0 Å². The Kier molecular flexibility index (Phi) is 6.03. The molecule has 1 aliphatic rings. The van der Waals surface area contributed by atoms with E-state index < -0.39 is 0 Å². The van der Waals surface area contributed by atoms with Gasteiger partial charge in [-0.05, 0) is 18.1 Å². The lowest BCUT2D eigenvalue weighted by atomic mass is 10.1. The van der Waals surface area contributed by atoms with E-state index in [1.807, 2.05) is 24.3 Å². The van der Waals surface area contributed by atoms with Crippen LogP contribution in [0.3, 0.4) is 0 Å². The molecule has 3 amide bonds. The topological polar surface area (TPSA) is 84.7 Å². The normalized spacial score (nSPS) is 17.5. The largest absolute Gasteiger partial charge is 0.375 e. The molecule has 7 heteroatoms. The molecule has 0 radical (unpaired) electrons. The Labute approximate surface area is 134 Å². The van der Waals surface area contributed by atoms with E-state index >= 15 is 0 Å². The molecular weight excluding hydrogens is 306 g/mol. The van der Waals surface area contributed by atoms with Crippen LogP contribution in [0.2, 0.25) is 5.02 Å². The third-order valence-corrected chi connectivity index (χ3v) is 3.98. The SMILES string of the molecule is NC(=O)C1CCN(C(=O)NCCOCc2ccccc2Cl)C1. The first kappa shape index (κ1) is 16.6. The molecule has 120 valence electrons. The van der Waals surface area contributed by atoms with Crippen LogP contribution >= 0.6 is 11.6 Å². The maximum atomic E-state index is 11.9. The fourth-order valence-electron chi connectivity index (χ4n) is 2.32. The highest BCUT2D eigenvalue weighted by atomic mass is 35.5. The van der Waals surface area contributed by atoms with Gasteiger partial charge in [0.25, 0.3) is 0 Å². The summed E-state index contributed by atoms with van der Waals surface area (Å²) in [5.41, 5.74) is 6.16. The minimum Gasteiger partial charge on any atom is -0.375 e. The maximum Gasteiger partial charge on any atom is 0.317 e. The molecule has 0 bridgehead atoms. The smallest absolute Gasteiger partial charge is 0.317 e. The van der Waals surface area contributed by atoms with E-state index in [0.717, 1.165) is 5.56 Å². The first-order chi connectivity index (χ1) is 10.6. The second kappa shape index (κ2) is 8.00. The lowest BCUT2D eigenvalue weighted by Crippen LogP contribution is -2.40. The van der Waals surface area contributed by atoms with Gasteiger partial charge in [0.15, 0.2) is 0 Å². The minimum absolute atomic E-state index is 0.190. The van der Waals surface area contributed by atoms with Crippen molar-refractivity contribution in [2.24, 2.45) is 11.7 Å². The molecule has 1 atom stereocenters. The number of rotatable bonds is 6. The number of carbonyl (C=O) groups is 2. The fourth-order valence-corrected chi connectivity index (χ4v) is 2.51. The van der Waals surface area contributed by atoms with Crippen LogP contribution in [0.4, 0.5) is 4.79 Å². The molecule has 1 saturated heterocycles. The minimum atomic E-state index is -0.349. The van der Waals surface area contributed by atoms with Gasteiger partial charge in [-0.15, -0.1) is 0 Å². The van der Waals surface area contributed by atoms with Gasteiger partial charge in [0.05, 0.1) is 19.1 Å². The highest BCUT2D eigenvalue weighted by molar-refractivity contribution is 6.31. The van der Waals surface area contributed by atoms with E-state index in [0.29, 0.717) is 44.3 Å². The van der Waals surface area contributed by atoms with E-state index in [4.69, 9.17) is 22.1 Å². The number of hydrogen-bond donors (Lipinski definition) is 2. The second-order valence-corrected chi connectivity index (χ2v) is 5.62. The quantitative estimate of drug-likeness (QED) is 0.775. The number of nitrogens with one attached hydrogen (secondary N) is 1. The summed E-state index contributed by atoms with van der Waals surface area (Å²) >= 11 is 6.02. The number of nitrogens with zero attached hydrogens (tertiary/aromatic N) is 1. The van der Waals surface area contributed by atoms with Crippen molar-refractivity contribution in [3.05, 3.63) is 34.9 Å². The van der Waals surface area contributed by atoms with Gasteiger partial charge < -0.3 is 20.7 Å². The molecule has 0 saturated carbocycles. The lowest BCUT2D eigenvalue weighted by Gasteiger charge is -2.16. The van der Waals surface area contributed by atoms with Crippen molar-refractivity contribution in [2.75, 3.05) is 26.2 Å². The van der Waals surface area contributed by atoms with Crippen LogP contribution in [0.5, 0.6) is 0 Å². The average Bonchev–Trinajstić information content (AvgIpc) is 2.98. The number of ether oxygens (including phenoxy) is 1. The van der Waals surface area contributed by atoms with E-state index in [1.165, 1.54) is 0 Å². The first-order valence-corrected chi connectivity index (χ1v) is 7.59. The van der Waals surface area contributed by atoms with Crippen LogP contribution in [0.25, 0.3) is 0 Å². The Balaban J connectivity index is 1.62. The van der Waals surface area contributed by atoms with Crippen LogP contribution < -0.4 is 11.1 Å². The average molecular weight is 326 g/mol. The zero-order valence-corrected chi connectivity index (χ0v) is 13.0. The highest BCUT2D eigenvalue weighted by Crippen LogP contribution is 2.16. The molecule has 1 fully saturated rings. The molecule has 0 spiro atoms. The summed E-state index contributed by atoms with van der Waals surface area (Å²) in [5.74, 6) is -0.583. The molecule has 1 aliphatic heterocycles. The van der Waals surface area contributed by atoms with Crippen LogP contribution in [-0.2, 0) is 16.1 Å². The van der Waals surface area contributed by atoms with Gasteiger partial charge in [-0.3, -0.25) is 4.79 Å². The molecular formula is C15H20ClN3O3. The van der Waals surface area contributed by atoms with Gasteiger partial charge in [0.2, 0.25) is 5.91 Å². The predicted octanol–water partition coefficient (Wildman–Crippen LogP) is 1.37. The number of urea groups is 1. The number of hydrogen-bond acceptors (Lipinski definition) is 3. The summed E-state index contributed by atoms with van der Waals surface area (Å²) in [6, 6.07) is 7.28. The number of likely N-dealkylation sites (tertiary alicyclic amines) is 1. The molecule has 1 aromatic rings. The second-order valence-electron chi connectivity index (χ2n) is 5.21. The number of benzene rings is 1. The summed E-state index contributed by atoms with van der Waals surface area (Å²) < 4.78 is 5.48. The molecule has 2 rings (SSSR count). The molecule has 1 heterocycles. The highest BCUT2D eigenvalue weighted by Gasteiger charge is 2.29. The standard InChI is InChI=1S/C15H20ClN3O3/c16-13-4-2-1-3-12(13)10-22-8-6-18-15(21)19-7-5-11(9-19)14(17)20/h1-4,11H,5-10H2,(H2,17,20)(H,18,21). The van der Waals surface area contributed by atoms with E-state index in [1.54, 1.807) is 4.90 Å². The summed E-state index contributed by atoms with van der Waals surface area (Å²) in [4.78, 5) is 24.6. The van der Waals surface area contributed by atoms with Gasteiger partial charge in [0.1, 0.15) is 0 Å². The molecule has 1 aromatic carbocycles.